The van der Waals surface area contributed by atoms with Crippen molar-refractivity contribution in [3.63, 3.8) is 0 Å². The molecule has 3 rings (SSSR count). The van der Waals surface area contributed by atoms with Crippen LogP contribution in [0.4, 0.5) is 13.2 Å². The zero-order chi connectivity index (χ0) is 16.3. The van der Waals surface area contributed by atoms with E-state index in [-0.39, 0.29) is 5.82 Å². The van der Waals surface area contributed by atoms with Crippen LogP contribution in [0.5, 0.6) is 0 Å². The van der Waals surface area contributed by atoms with Gasteiger partial charge in [-0.05, 0) is 30.7 Å². The van der Waals surface area contributed by atoms with E-state index in [2.05, 4.69) is 15.1 Å². The fraction of sp³-hybridized carbons (Fsp3) is 0.267. The number of aryl methyl sites for hydroxylation is 1. The first-order valence-corrected chi connectivity index (χ1v) is 6.80. The number of alkyl halides is 3. The van der Waals surface area contributed by atoms with Gasteiger partial charge in [0, 0.05) is 17.8 Å². The van der Waals surface area contributed by atoms with Crippen molar-refractivity contribution in [2.45, 2.75) is 26.9 Å². The Morgan fingerprint density at radius 2 is 1.77 bits per heavy atom. The molecule has 4 nitrogen and oxygen atoms in total. The highest BCUT2D eigenvalue weighted by atomic mass is 19.4. The highest BCUT2D eigenvalue weighted by Crippen LogP contribution is 2.33. The quantitative estimate of drug-likeness (QED) is 0.677. The normalized spacial score (nSPS) is 11.2. The first-order valence-electron chi connectivity index (χ1n) is 6.80. The Hall–Kier alpha value is -2.44. The Bertz CT molecular complexity index is 778. The highest BCUT2D eigenvalue weighted by Gasteiger charge is 2.35. The zero-order valence-electron chi connectivity index (χ0n) is 12.4. The first-order chi connectivity index (χ1) is 10.5. The molecule has 3 aromatic heterocycles. The van der Waals surface area contributed by atoms with Gasteiger partial charge in [-0.25, -0.2) is 9.97 Å². The van der Waals surface area contributed by atoms with E-state index >= 15 is 0 Å². The van der Waals surface area contributed by atoms with Gasteiger partial charge in [-0.15, -0.1) is 0 Å². The van der Waals surface area contributed by atoms with Crippen molar-refractivity contribution >= 4 is 11.0 Å². The van der Waals surface area contributed by atoms with Gasteiger partial charge in [-0.1, -0.05) is 13.8 Å². The topological polar surface area (TPSA) is 43.6 Å². The molecule has 0 fully saturated rings. The van der Waals surface area contributed by atoms with Gasteiger partial charge in [0.15, 0.2) is 11.5 Å². The second-order valence-electron chi connectivity index (χ2n) is 4.29. The Balaban J connectivity index is 0.000000847. The van der Waals surface area contributed by atoms with Gasteiger partial charge in [-0.3, -0.25) is 0 Å². The Labute approximate surface area is 125 Å². The largest absolute Gasteiger partial charge is 0.420 e. The third-order valence-corrected chi connectivity index (χ3v) is 2.98. The van der Waals surface area contributed by atoms with Crippen molar-refractivity contribution < 1.29 is 13.2 Å². The van der Waals surface area contributed by atoms with Crippen LogP contribution >= 0.6 is 0 Å². The summed E-state index contributed by atoms with van der Waals surface area (Å²) >= 11 is 0. The monoisotopic (exact) mass is 308 g/mol. The summed E-state index contributed by atoms with van der Waals surface area (Å²) in [7, 11) is 0. The molecule has 0 bridgehead atoms. The maximum absolute atomic E-state index is 13.0. The molecule has 0 aliphatic heterocycles. The summed E-state index contributed by atoms with van der Waals surface area (Å²) in [5, 5.41) is 4.69. The van der Waals surface area contributed by atoms with E-state index < -0.39 is 11.7 Å². The van der Waals surface area contributed by atoms with Crippen LogP contribution < -0.4 is 0 Å². The number of hydrogen-bond donors (Lipinski definition) is 0. The molecular weight excluding hydrogens is 293 g/mol. The first kappa shape index (κ1) is 15.9. The van der Waals surface area contributed by atoms with Crippen LogP contribution in [0.15, 0.2) is 36.8 Å². The maximum Gasteiger partial charge on any atom is 0.420 e. The van der Waals surface area contributed by atoms with Gasteiger partial charge in [0.2, 0.25) is 0 Å². The Morgan fingerprint density at radius 1 is 1.05 bits per heavy atom. The van der Waals surface area contributed by atoms with Crippen LogP contribution in [0.3, 0.4) is 0 Å². The van der Waals surface area contributed by atoms with Gasteiger partial charge >= 0.3 is 6.18 Å². The number of pyridine rings is 2. The zero-order valence-corrected chi connectivity index (χ0v) is 12.4. The summed E-state index contributed by atoms with van der Waals surface area (Å²) in [6.45, 7) is 5.85. The third-order valence-electron chi connectivity index (χ3n) is 2.98. The number of nitrogens with zero attached hydrogens (tertiary/aromatic N) is 4. The minimum atomic E-state index is -4.49. The van der Waals surface area contributed by atoms with Crippen molar-refractivity contribution in [1.82, 2.24) is 19.7 Å². The maximum atomic E-state index is 13.0. The molecule has 0 unspecified atom stereocenters. The van der Waals surface area contributed by atoms with Crippen LogP contribution in [-0.2, 0) is 6.18 Å². The van der Waals surface area contributed by atoms with E-state index in [4.69, 9.17) is 0 Å². The standard InChI is InChI=1S/C13H9F3N4.C2H6/c1-8-4-6-18-11-9(8)7-19-20(11)12-10(13(14,15)16)3-2-5-17-12;1-2/h2-7H,1H3;1-2H3. The Morgan fingerprint density at radius 3 is 2.45 bits per heavy atom. The summed E-state index contributed by atoms with van der Waals surface area (Å²) in [5.41, 5.74) is 0.410. The van der Waals surface area contributed by atoms with Crippen molar-refractivity contribution in [2.75, 3.05) is 0 Å². The summed E-state index contributed by atoms with van der Waals surface area (Å²) in [4.78, 5) is 7.90. The molecule has 0 radical (unpaired) electrons. The van der Waals surface area contributed by atoms with E-state index in [0.717, 1.165) is 16.3 Å². The molecule has 0 aliphatic carbocycles. The van der Waals surface area contributed by atoms with Gasteiger partial charge in [-0.2, -0.15) is 23.0 Å². The highest BCUT2D eigenvalue weighted by molar-refractivity contribution is 5.79. The molecule has 22 heavy (non-hydrogen) atoms. The average Bonchev–Trinajstić information content (AvgIpc) is 2.94. The smallest absolute Gasteiger partial charge is 0.237 e. The van der Waals surface area contributed by atoms with Crippen LogP contribution in [0.2, 0.25) is 0 Å². The van der Waals surface area contributed by atoms with E-state index in [1.165, 1.54) is 24.7 Å². The lowest BCUT2D eigenvalue weighted by Crippen LogP contribution is -2.13. The van der Waals surface area contributed by atoms with Gasteiger partial charge in [0.05, 0.1) is 6.20 Å². The summed E-state index contributed by atoms with van der Waals surface area (Å²) in [5.74, 6) is -0.270. The molecule has 0 atom stereocenters. The minimum Gasteiger partial charge on any atom is -0.237 e. The van der Waals surface area contributed by atoms with E-state index in [0.29, 0.717) is 11.0 Å². The summed E-state index contributed by atoms with van der Waals surface area (Å²) < 4.78 is 40.2. The van der Waals surface area contributed by atoms with Crippen LogP contribution in [0, 0.1) is 6.92 Å². The molecule has 0 saturated carbocycles. The lowest BCUT2D eigenvalue weighted by atomic mass is 10.2. The molecule has 3 heterocycles. The van der Waals surface area contributed by atoms with E-state index in [1.807, 2.05) is 20.8 Å². The van der Waals surface area contributed by atoms with E-state index in [9.17, 15) is 13.2 Å². The fourth-order valence-corrected chi connectivity index (χ4v) is 2.00. The van der Waals surface area contributed by atoms with Crippen molar-refractivity contribution in [1.29, 1.82) is 0 Å². The lowest BCUT2D eigenvalue weighted by molar-refractivity contribution is -0.137. The molecule has 0 aliphatic rings. The molecule has 7 heteroatoms. The Kier molecular flexibility index (Phi) is 4.44. The summed E-state index contributed by atoms with van der Waals surface area (Å²) in [6, 6.07) is 4.00. The van der Waals surface area contributed by atoms with E-state index in [1.54, 1.807) is 6.07 Å². The number of halogens is 3. The molecular formula is C15H15F3N4. The number of rotatable bonds is 1. The second kappa shape index (κ2) is 6.13. The predicted molar refractivity (Wildman–Crippen MR) is 77.7 cm³/mol. The van der Waals surface area contributed by atoms with Gasteiger partial charge in [0.1, 0.15) is 5.56 Å². The molecule has 0 N–H and O–H groups in total. The average molecular weight is 308 g/mol. The molecule has 3 aromatic rings. The molecule has 0 spiro atoms. The number of aromatic nitrogens is 4. The molecule has 0 aromatic carbocycles. The minimum absolute atomic E-state index is 0.270. The number of fused-ring (bicyclic) bond motifs is 1. The summed E-state index contributed by atoms with van der Waals surface area (Å²) in [6.07, 6.45) is -0.169. The van der Waals surface area contributed by atoms with Gasteiger partial charge < -0.3 is 0 Å². The lowest BCUT2D eigenvalue weighted by Gasteiger charge is -2.11. The van der Waals surface area contributed by atoms with Crippen LogP contribution in [-0.4, -0.2) is 19.7 Å². The third kappa shape index (κ3) is 2.79. The predicted octanol–water partition coefficient (Wildman–Crippen LogP) is 4.17. The van der Waals surface area contributed by atoms with Crippen molar-refractivity contribution in [2.24, 2.45) is 0 Å². The molecule has 116 valence electrons. The van der Waals surface area contributed by atoms with Crippen molar-refractivity contribution in [3.8, 4) is 5.82 Å². The SMILES string of the molecule is CC.Cc1ccnc2c1cnn2-c1ncccc1C(F)(F)F. The van der Waals surface area contributed by atoms with Crippen LogP contribution in [0.1, 0.15) is 25.0 Å². The second-order valence-corrected chi connectivity index (χ2v) is 4.29. The van der Waals surface area contributed by atoms with Crippen molar-refractivity contribution in [3.05, 3.63) is 47.9 Å². The van der Waals surface area contributed by atoms with Gasteiger partial charge in [0.25, 0.3) is 0 Å². The molecule has 0 amide bonds. The fourth-order valence-electron chi connectivity index (χ4n) is 2.00. The number of hydrogen-bond acceptors (Lipinski definition) is 3. The van der Waals surface area contributed by atoms with Crippen LogP contribution in [0.25, 0.3) is 16.9 Å². The molecule has 0 saturated heterocycles.